The van der Waals surface area contributed by atoms with Gasteiger partial charge < -0.3 is 51.6 Å². The number of unbranched alkanes of at least 4 members (excludes halogenated alkanes) is 2. The van der Waals surface area contributed by atoms with Crippen LogP contribution in [-0.4, -0.2) is 99.6 Å². The van der Waals surface area contributed by atoms with Crippen molar-refractivity contribution in [2.45, 2.75) is 142 Å². The highest BCUT2D eigenvalue weighted by atomic mass is 16.6. The Labute approximate surface area is 342 Å². The predicted molar refractivity (Wildman–Crippen MR) is 219 cm³/mol. The molecule has 0 fully saturated rings. The van der Waals surface area contributed by atoms with Gasteiger partial charge in [-0.1, -0.05) is 61.9 Å². The molecule has 58 heavy (non-hydrogen) atoms. The molecule has 0 aliphatic heterocycles. The second-order valence-corrected chi connectivity index (χ2v) is 16.2. The van der Waals surface area contributed by atoms with E-state index in [1.54, 1.807) is 41.5 Å². The fourth-order valence-corrected chi connectivity index (χ4v) is 5.52. The van der Waals surface area contributed by atoms with Gasteiger partial charge in [-0.3, -0.25) is 14.4 Å². The lowest BCUT2D eigenvalue weighted by Gasteiger charge is -2.28. The minimum Gasteiger partial charge on any atom is -0.480 e. The monoisotopic (exact) mass is 812 g/mol. The zero-order valence-corrected chi connectivity index (χ0v) is 35.2. The summed E-state index contributed by atoms with van der Waals surface area (Å²) in [5.41, 5.74) is 8.54. The molecular weight excluding hydrogens is 748 g/mol. The molecule has 0 saturated heterocycles. The number of aryl methyl sites for hydroxylation is 1. The first-order valence-electron chi connectivity index (χ1n) is 19.8. The predicted octanol–water partition coefficient (Wildman–Crippen LogP) is 4.35. The number of benzene rings is 2. The van der Waals surface area contributed by atoms with Crippen molar-refractivity contribution in [1.29, 1.82) is 0 Å². The summed E-state index contributed by atoms with van der Waals surface area (Å²) in [6.45, 7) is 14.0. The Morgan fingerprint density at radius 1 is 0.776 bits per heavy atom. The van der Waals surface area contributed by atoms with E-state index >= 15 is 0 Å². The Morgan fingerprint density at radius 2 is 1.34 bits per heavy atom. The maximum Gasteiger partial charge on any atom is 0.410 e. The van der Waals surface area contributed by atoms with Crippen LogP contribution in [0.5, 0.6) is 0 Å². The van der Waals surface area contributed by atoms with E-state index in [0.29, 0.717) is 12.8 Å². The zero-order valence-electron chi connectivity index (χ0n) is 35.2. The van der Waals surface area contributed by atoms with Crippen molar-refractivity contribution in [3.63, 3.8) is 0 Å². The van der Waals surface area contributed by atoms with Crippen LogP contribution in [-0.2, 0) is 41.6 Å². The number of hydrogen-bond donors (Lipinski definition) is 7. The van der Waals surface area contributed by atoms with Crippen molar-refractivity contribution >= 4 is 35.9 Å². The third-order valence-corrected chi connectivity index (χ3v) is 8.56. The number of carbonyl (C=O) groups excluding carboxylic acids is 5. The van der Waals surface area contributed by atoms with E-state index in [2.05, 4.69) is 52.5 Å². The van der Waals surface area contributed by atoms with Crippen molar-refractivity contribution in [3.8, 4) is 11.1 Å². The average molecular weight is 813 g/mol. The molecule has 4 atom stereocenters. The number of nitrogens with zero attached hydrogens (tertiary/aromatic N) is 1. The van der Waals surface area contributed by atoms with Crippen LogP contribution in [0, 0.1) is 0 Å². The molecule has 16 nitrogen and oxygen atoms in total. The number of hydrogen-bond acceptors (Lipinski definition) is 10. The number of nitrogens with one attached hydrogen (secondary N) is 4. The fourth-order valence-electron chi connectivity index (χ4n) is 5.52. The molecule has 0 spiro atoms. The first-order chi connectivity index (χ1) is 27.1. The van der Waals surface area contributed by atoms with E-state index in [4.69, 9.17) is 15.2 Å². The maximum absolute atomic E-state index is 13.2. The van der Waals surface area contributed by atoms with E-state index in [0.717, 1.165) is 36.0 Å². The Balaban J connectivity index is 1.99. The number of carboxylic acid groups (broad SMARTS) is 1. The molecule has 8 N–H and O–H groups in total. The molecule has 0 radical (unpaired) electrons. The van der Waals surface area contributed by atoms with Crippen LogP contribution >= 0.6 is 0 Å². The molecule has 0 unspecified atom stereocenters. The van der Waals surface area contributed by atoms with Crippen LogP contribution in [0.3, 0.4) is 0 Å². The second kappa shape index (κ2) is 23.3. The fraction of sp³-hybridized carbons (Fsp3) is 0.571. The summed E-state index contributed by atoms with van der Waals surface area (Å²) in [5.74, 6) is -4.02. The van der Waals surface area contributed by atoms with E-state index in [9.17, 15) is 39.0 Å². The molecule has 2 aromatic carbocycles. The summed E-state index contributed by atoms with van der Waals surface area (Å²) in [6, 6.07) is 13.3. The van der Waals surface area contributed by atoms with E-state index in [1.807, 2.05) is 24.3 Å². The molecule has 0 aromatic heterocycles. The summed E-state index contributed by atoms with van der Waals surface area (Å²) >= 11 is 0. The zero-order chi connectivity index (χ0) is 43.6. The minimum absolute atomic E-state index is 0.00333. The highest BCUT2D eigenvalue weighted by Gasteiger charge is 2.31. The number of amides is 5. The molecule has 2 rings (SSSR count). The van der Waals surface area contributed by atoms with Gasteiger partial charge in [0.05, 0.1) is 6.10 Å². The average Bonchev–Trinajstić information content (AvgIpc) is 3.12. The number of carboxylic acids is 1. The number of carbonyl (C=O) groups is 6. The third-order valence-electron chi connectivity index (χ3n) is 8.56. The van der Waals surface area contributed by atoms with Crippen molar-refractivity contribution in [3.05, 3.63) is 59.7 Å². The second-order valence-electron chi connectivity index (χ2n) is 16.2. The molecule has 0 aliphatic carbocycles. The largest absolute Gasteiger partial charge is 0.480 e. The lowest BCUT2D eigenvalue weighted by atomic mass is 10.0. The Kier molecular flexibility index (Phi) is 19.6. The number of ether oxygens (including phenoxy) is 2. The lowest BCUT2D eigenvalue weighted by Crippen LogP contribution is -2.61. The summed E-state index contributed by atoms with van der Waals surface area (Å²) in [7, 11) is 0. The van der Waals surface area contributed by atoms with Gasteiger partial charge in [0.1, 0.15) is 23.3 Å². The summed E-state index contributed by atoms with van der Waals surface area (Å²) in [6.07, 6.45) is -0.647. The third kappa shape index (κ3) is 18.8. The normalized spacial score (nSPS) is 13.6. The van der Waals surface area contributed by atoms with Crippen LogP contribution < -0.4 is 27.0 Å². The van der Waals surface area contributed by atoms with Gasteiger partial charge >= 0.3 is 18.2 Å². The molecule has 0 bridgehead atoms. The van der Waals surface area contributed by atoms with Crippen molar-refractivity contribution < 1.29 is 48.5 Å². The van der Waals surface area contributed by atoms with Gasteiger partial charge in [-0.15, -0.1) is 0 Å². The van der Waals surface area contributed by atoms with Crippen LogP contribution in [0.2, 0.25) is 0 Å². The number of aliphatic carboxylic acids is 1. The molecule has 322 valence electrons. The van der Waals surface area contributed by atoms with E-state index < -0.39 is 71.4 Å². The van der Waals surface area contributed by atoms with Gasteiger partial charge in [-0.2, -0.15) is 0 Å². The van der Waals surface area contributed by atoms with Crippen LogP contribution in [0.4, 0.5) is 9.59 Å². The van der Waals surface area contributed by atoms with Crippen LogP contribution in [0.1, 0.15) is 105 Å². The molecule has 16 heteroatoms. The van der Waals surface area contributed by atoms with Gasteiger partial charge in [0, 0.05) is 26.1 Å². The van der Waals surface area contributed by atoms with E-state index in [-0.39, 0.29) is 32.5 Å². The lowest BCUT2D eigenvalue weighted by molar-refractivity contribution is -0.142. The van der Waals surface area contributed by atoms with E-state index in [1.165, 1.54) is 17.4 Å². The summed E-state index contributed by atoms with van der Waals surface area (Å²) in [5, 5.41) is 29.4. The van der Waals surface area contributed by atoms with Crippen molar-refractivity contribution in [1.82, 2.24) is 26.2 Å². The number of aliphatic hydroxyl groups is 1. The van der Waals surface area contributed by atoms with Gasteiger partial charge in [0.15, 0.2) is 6.17 Å². The Morgan fingerprint density at radius 3 is 1.86 bits per heavy atom. The smallest absolute Gasteiger partial charge is 0.410 e. The van der Waals surface area contributed by atoms with Crippen molar-refractivity contribution in [2.75, 3.05) is 13.1 Å². The number of nitrogens with two attached hydrogens (primary N) is 1. The van der Waals surface area contributed by atoms with Gasteiger partial charge in [0.2, 0.25) is 11.8 Å². The summed E-state index contributed by atoms with van der Waals surface area (Å²) in [4.78, 5) is 77.1. The molecule has 0 saturated carbocycles. The highest BCUT2D eigenvalue weighted by Crippen LogP contribution is 2.22. The number of aliphatic hydroxyl groups excluding tert-OH is 1. The molecule has 2 aromatic rings. The van der Waals surface area contributed by atoms with Gasteiger partial charge in [0.25, 0.3) is 5.91 Å². The topological polar surface area (TPSA) is 239 Å². The first kappa shape index (κ1) is 48.9. The quantitative estimate of drug-likeness (QED) is 0.0691. The van der Waals surface area contributed by atoms with Crippen LogP contribution in [0.25, 0.3) is 11.1 Å². The standard InChI is InChI=1S/C42H64N6O10/c1-9-10-13-28-15-19-30(20-16-28)31-21-17-29(18-22-31)26-48(40(56)58-42(6,7)8)25-23-33(50)46-34(27(2)49)36(51)47-35(43)37(52)45-32(38(53)54)14-11-12-24-44-39(55)57-41(3,4)5/h15-22,27,32,34-35,49H,9-14,23-26,43H2,1-8H3,(H,44,55)(H,45,52)(H,46,50)(H,47,51)(H,53,54)/t27-,32+,34+,35-/m1/s1. The van der Waals surface area contributed by atoms with Gasteiger partial charge in [-0.05, 0) is 103 Å². The Hall–Kier alpha value is -5.22. The maximum atomic E-state index is 13.2. The van der Waals surface area contributed by atoms with Crippen molar-refractivity contribution in [2.24, 2.45) is 5.73 Å². The molecular formula is C42H64N6O10. The van der Waals surface area contributed by atoms with Crippen LogP contribution in [0.15, 0.2) is 48.5 Å². The summed E-state index contributed by atoms with van der Waals surface area (Å²) < 4.78 is 10.7. The molecule has 0 aliphatic rings. The Bertz CT molecular complexity index is 1650. The highest BCUT2D eigenvalue weighted by molar-refractivity contribution is 5.93. The molecule has 0 heterocycles. The number of rotatable bonds is 21. The number of alkyl carbamates (subject to hydrolysis) is 1. The SMILES string of the molecule is CCCCc1ccc(-c2ccc(CN(CCC(=O)N[C@H](C(=O)N[C@@H](N)C(=O)N[C@@H](CCCCNC(=O)OC(C)(C)C)C(=O)O)[C@@H](C)O)C(=O)OC(C)(C)C)cc2)cc1. The molecule has 5 amide bonds. The first-order valence-corrected chi connectivity index (χ1v) is 19.8. The minimum atomic E-state index is -1.72. The van der Waals surface area contributed by atoms with Gasteiger partial charge in [-0.25, -0.2) is 14.4 Å².